The zero-order chi connectivity index (χ0) is 15.3. The second-order valence-electron chi connectivity index (χ2n) is 5.00. The first-order chi connectivity index (χ1) is 9.31. The summed E-state index contributed by atoms with van der Waals surface area (Å²) in [6.45, 7) is 6.35. The molecule has 0 aliphatic rings. The molecule has 0 spiro atoms. The lowest BCUT2D eigenvalue weighted by molar-refractivity contribution is -0.137. The highest BCUT2D eigenvalue weighted by atomic mass is 16.4. The van der Waals surface area contributed by atoms with Gasteiger partial charge >= 0.3 is 5.97 Å². The van der Waals surface area contributed by atoms with E-state index in [1.807, 2.05) is 18.7 Å². The number of aryl methyl sites for hydroxylation is 1. The van der Waals surface area contributed by atoms with Crippen LogP contribution in [0.2, 0.25) is 0 Å². The van der Waals surface area contributed by atoms with E-state index >= 15 is 0 Å². The number of nitrogens with zero attached hydrogens (tertiary/aromatic N) is 2. The van der Waals surface area contributed by atoms with Crippen LogP contribution < -0.4 is 10.6 Å². The molecule has 0 aliphatic carbocycles. The quantitative estimate of drug-likeness (QED) is 0.789. The van der Waals surface area contributed by atoms with Crippen molar-refractivity contribution in [3.05, 3.63) is 23.4 Å². The maximum Gasteiger partial charge on any atom is 0.303 e. The molecule has 0 radical (unpaired) electrons. The van der Waals surface area contributed by atoms with Crippen molar-refractivity contribution < 1.29 is 14.7 Å². The number of anilines is 1. The molecule has 0 fully saturated rings. The number of carboxylic acids is 1. The lowest BCUT2D eigenvalue weighted by Crippen LogP contribution is -2.33. The SMILES string of the molecule is Cc1cc(C(N)=O)cc(N(CCCC(=O)O)C(C)C)n1. The summed E-state index contributed by atoms with van der Waals surface area (Å²) < 4.78 is 0. The minimum Gasteiger partial charge on any atom is -0.481 e. The van der Waals surface area contributed by atoms with E-state index in [0.717, 1.165) is 0 Å². The fourth-order valence-electron chi connectivity index (χ4n) is 1.98. The summed E-state index contributed by atoms with van der Waals surface area (Å²) >= 11 is 0. The molecule has 6 heteroatoms. The molecule has 0 atom stereocenters. The molecule has 0 aliphatic heterocycles. The monoisotopic (exact) mass is 279 g/mol. The van der Waals surface area contributed by atoms with Crippen LogP contribution in [0.5, 0.6) is 0 Å². The first-order valence-corrected chi connectivity index (χ1v) is 6.58. The second-order valence-corrected chi connectivity index (χ2v) is 5.00. The molecule has 20 heavy (non-hydrogen) atoms. The first-order valence-electron chi connectivity index (χ1n) is 6.58. The third kappa shape index (κ3) is 4.53. The van der Waals surface area contributed by atoms with E-state index < -0.39 is 11.9 Å². The minimum absolute atomic E-state index is 0.109. The van der Waals surface area contributed by atoms with Gasteiger partial charge in [-0.3, -0.25) is 9.59 Å². The van der Waals surface area contributed by atoms with Crippen LogP contribution in [-0.2, 0) is 4.79 Å². The number of aromatic nitrogens is 1. The van der Waals surface area contributed by atoms with Crippen molar-refractivity contribution in [2.24, 2.45) is 5.73 Å². The van der Waals surface area contributed by atoms with Crippen LogP contribution in [0, 0.1) is 6.92 Å². The molecule has 1 amide bonds. The molecule has 1 heterocycles. The summed E-state index contributed by atoms with van der Waals surface area (Å²) in [6.07, 6.45) is 0.632. The molecule has 6 nitrogen and oxygen atoms in total. The molecule has 1 aromatic heterocycles. The van der Waals surface area contributed by atoms with Gasteiger partial charge < -0.3 is 15.7 Å². The van der Waals surface area contributed by atoms with Crippen molar-refractivity contribution in [2.75, 3.05) is 11.4 Å². The summed E-state index contributed by atoms with van der Waals surface area (Å²) in [7, 11) is 0. The Balaban J connectivity index is 2.96. The Morgan fingerprint density at radius 3 is 2.55 bits per heavy atom. The van der Waals surface area contributed by atoms with Gasteiger partial charge in [0.2, 0.25) is 5.91 Å². The Morgan fingerprint density at radius 2 is 2.05 bits per heavy atom. The summed E-state index contributed by atoms with van der Waals surface area (Å²) in [5.74, 6) is -0.658. The Morgan fingerprint density at radius 1 is 1.40 bits per heavy atom. The molecule has 0 saturated carbocycles. The third-order valence-corrected chi connectivity index (χ3v) is 2.93. The van der Waals surface area contributed by atoms with Crippen molar-refractivity contribution in [2.45, 2.75) is 39.7 Å². The van der Waals surface area contributed by atoms with Gasteiger partial charge in [-0.05, 0) is 39.3 Å². The maximum atomic E-state index is 11.3. The van der Waals surface area contributed by atoms with E-state index in [0.29, 0.717) is 30.0 Å². The zero-order valence-corrected chi connectivity index (χ0v) is 12.1. The largest absolute Gasteiger partial charge is 0.481 e. The van der Waals surface area contributed by atoms with Gasteiger partial charge in [-0.2, -0.15) is 0 Å². The highest BCUT2D eigenvalue weighted by Crippen LogP contribution is 2.18. The number of primary amides is 1. The van der Waals surface area contributed by atoms with E-state index in [4.69, 9.17) is 10.8 Å². The number of amides is 1. The molecular formula is C14H21N3O3. The van der Waals surface area contributed by atoms with Gasteiger partial charge in [0.05, 0.1) is 0 Å². The van der Waals surface area contributed by atoms with Gasteiger partial charge in [0.1, 0.15) is 5.82 Å². The number of nitrogens with two attached hydrogens (primary N) is 1. The molecule has 3 N–H and O–H groups in total. The van der Waals surface area contributed by atoms with Gasteiger partial charge in [-0.15, -0.1) is 0 Å². The number of carboxylic acid groups (broad SMARTS) is 1. The van der Waals surface area contributed by atoms with E-state index in [1.54, 1.807) is 19.1 Å². The van der Waals surface area contributed by atoms with Crippen LogP contribution in [0.3, 0.4) is 0 Å². The molecule has 1 aromatic rings. The van der Waals surface area contributed by atoms with E-state index in [-0.39, 0.29) is 12.5 Å². The number of carbonyl (C=O) groups is 2. The van der Waals surface area contributed by atoms with E-state index in [1.165, 1.54) is 0 Å². The summed E-state index contributed by atoms with van der Waals surface area (Å²) in [5, 5.41) is 8.70. The predicted molar refractivity (Wildman–Crippen MR) is 76.8 cm³/mol. The van der Waals surface area contributed by atoms with Crippen LogP contribution in [0.15, 0.2) is 12.1 Å². The molecule has 110 valence electrons. The van der Waals surface area contributed by atoms with Crippen LogP contribution in [0.1, 0.15) is 42.7 Å². The third-order valence-electron chi connectivity index (χ3n) is 2.93. The summed E-state index contributed by atoms with van der Waals surface area (Å²) in [6, 6.07) is 3.44. The number of rotatable bonds is 7. The average Bonchev–Trinajstić information content (AvgIpc) is 2.32. The summed E-state index contributed by atoms with van der Waals surface area (Å²) in [5.41, 5.74) is 6.43. The Labute approximate surface area is 118 Å². The van der Waals surface area contributed by atoms with Crippen LogP contribution in [0.4, 0.5) is 5.82 Å². The fraction of sp³-hybridized carbons (Fsp3) is 0.500. The zero-order valence-electron chi connectivity index (χ0n) is 12.1. The van der Waals surface area contributed by atoms with Crippen molar-refractivity contribution in [3.63, 3.8) is 0 Å². The number of hydrogen-bond acceptors (Lipinski definition) is 4. The van der Waals surface area contributed by atoms with Gasteiger partial charge in [-0.25, -0.2) is 4.98 Å². The van der Waals surface area contributed by atoms with Crippen molar-refractivity contribution in [1.29, 1.82) is 0 Å². The standard InChI is InChI=1S/C14H21N3O3/c1-9(2)17(6-4-5-13(18)19)12-8-11(14(15)20)7-10(3)16-12/h7-9H,4-6H2,1-3H3,(H2,15,20)(H,18,19). The highest BCUT2D eigenvalue weighted by Gasteiger charge is 2.15. The van der Waals surface area contributed by atoms with Crippen molar-refractivity contribution in [1.82, 2.24) is 4.98 Å². The number of pyridine rings is 1. The summed E-state index contributed by atoms with van der Waals surface area (Å²) in [4.78, 5) is 28.3. The molecule has 0 aromatic carbocycles. The lowest BCUT2D eigenvalue weighted by Gasteiger charge is -2.28. The number of hydrogen-bond donors (Lipinski definition) is 2. The van der Waals surface area contributed by atoms with E-state index in [9.17, 15) is 9.59 Å². The Hall–Kier alpha value is -2.11. The van der Waals surface area contributed by atoms with Crippen LogP contribution >= 0.6 is 0 Å². The smallest absolute Gasteiger partial charge is 0.303 e. The highest BCUT2D eigenvalue weighted by molar-refractivity contribution is 5.93. The Bertz CT molecular complexity index is 500. The van der Waals surface area contributed by atoms with Crippen LogP contribution in [-0.4, -0.2) is 34.6 Å². The molecule has 1 rings (SSSR count). The van der Waals surface area contributed by atoms with Crippen molar-refractivity contribution >= 4 is 17.7 Å². The minimum atomic E-state index is -0.816. The van der Waals surface area contributed by atoms with Crippen LogP contribution in [0.25, 0.3) is 0 Å². The molecule has 0 bridgehead atoms. The molecule has 0 unspecified atom stereocenters. The first kappa shape index (κ1) is 15.9. The topological polar surface area (TPSA) is 96.5 Å². The predicted octanol–water partition coefficient (Wildman–Crippen LogP) is 1.57. The average molecular weight is 279 g/mol. The van der Waals surface area contributed by atoms with Gasteiger partial charge in [-0.1, -0.05) is 0 Å². The Kier molecular flexibility index (Phi) is 5.49. The van der Waals surface area contributed by atoms with Gasteiger partial charge in [0.15, 0.2) is 0 Å². The fourth-order valence-corrected chi connectivity index (χ4v) is 1.98. The molecular weight excluding hydrogens is 258 g/mol. The molecule has 0 saturated heterocycles. The van der Waals surface area contributed by atoms with Gasteiger partial charge in [0.25, 0.3) is 0 Å². The van der Waals surface area contributed by atoms with E-state index in [2.05, 4.69) is 4.98 Å². The number of aliphatic carboxylic acids is 1. The number of carbonyl (C=O) groups excluding carboxylic acids is 1. The van der Waals surface area contributed by atoms with Gasteiger partial charge in [0, 0.05) is 30.3 Å². The second kappa shape index (κ2) is 6.88. The van der Waals surface area contributed by atoms with Crippen molar-refractivity contribution in [3.8, 4) is 0 Å². The normalized spacial score (nSPS) is 10.6. The maximum absolute atomic E-state index is 11.3. The lowest BCUT2D eigenvalue weighted by atomic mass is 10.2.